The van der Waals surface area contributed by atoms with Gasteiger partial charge in [0.2, 0.25) is 0 Å². The van der Waals surface area contributed by atoms with Crippen molar-refractivity contribution in [1.82, 2.24) is 4.57 Å². The molecule has 2 nitrogen and oxygen atoms in total. The molecule has 1 heterocycles. The molecule has 0 aromatic carbocycles. The van der Waals surface area contributed by atoms with Gasteiger partial charge in [0.05, 0.1) is 5.04 Å². The third kappa shape index (κ3) is 3.07. The fourth-order valence-corrected chi connectivity index (χ4v) is 1.69. The van der Waals surface area contributed by atoms with E-state index in [-0.39, 0.29) is 0 Å². The average molecular weight is 208 g/mol. The molecule has 1 rings (SSSR count). The van der Waals surface area contributed by atoms with Gasteiger partial charge in [-0.25, -0.2) is 0 Å². The Morgan fingerprint density at radius 2 is 2.07 bits per heavy atom. The molecule has 0 spiro atoms. The summed E-state index contributed by atoms with van der Waals surface area (Å²) in [5.41, 5.74) is 1.19. The van der Waals surface area contributed by atoms with Gasteiger partial charge < -0.3 is 4.57 Å². The van der Waals surface area contributed by atoms with Crippen molar-refractivity contribution < 1.29 is 0 Å². The monoisotopic (exact) mass is 208 g/mol. The van der Waals surface area contributed by atoms with Crippen LogP contribution in [-0.4, -0.2) is 22.4 Å². The minimum absolute atomic E-state index is 0.839. The van der Waals surface area contributed by atoms with Crippen LogP contribution in [-0.2, 0) is 0 Å². The van der Waals surface area contributed by atoms with Crippen molar-refractivity contribution in [2.24, 2.45) is 4.99 Å². The number of allylic oxidation sites excluding steroid dienone is 1. The number of rotatable bonds is 3. The van der Waals surface area contributed by atoms with E-state index in [1.807, 2.05) is 30.8 Å². The molecule has 0 saturated carbocycles. The average Bonchev–Trinajstić information content (AvgIpc) is 2.69. The summed E-state index contributed by atoms with van der Waals surface area (Å²) < 4.78 is 2.08. The lowest BCUT2D eigenvalue weighted by atomic mass is 10.4. The van der Waals surface area contributed by atoms with Crippen LogP contribution >= 0.6 is 11.8 Å². The second-order valence-electron chi connectivity index (χ2n) is 2.89. The third-order valence-electron chi connectivity index (χ3n) is 1.87. The van der Waals surface area contributed by atoms with E-state index >= 15 is 0 Å². The maximum atomic E-state index is 4.38. The Balaban J connectivity index is 2.82. The van der Waals surface area contributed by atoms with Gasteiger partial charge in [-0.3, -0.25) is 4.99 Å². The molecule has 0 saturated heterocycles. The van der Waals surface area contributed by atoms with Crippen LogP contribution in [0.15, 0.2) is 35.6 Å². The first-order chi connectivity index (χ1) is 6.77. The van der Waals surface area contributed by atoms with Crippen LogP contribution in [0.1, 0.15) is 13.8 Å². The number of aliphatic imine (C=N–C) groups is 1. The lowest BCUT2D eigenvalue weighted by molar-refractivity contribution is 1.10. The van der Waals surface area contributed by atoms with E-state index in [1.54, 1.807) is 11.8 Å². The van der Waals surface area contributed by atoms with E-state index in [4.69, 9.17) is 0 Å². The van der Waals surface area contributed by atoms with Crippen LogP contribution in [0.4, 0.5) is 0 Å². The van der Waals surface area contributed by atoms with Crippen LogP contribution < -0.4 is 0 Å². The molecule has 3 heteroatoms. The SMILES string of the molecule is CCN=C(/C=C(/C)n1cccc1)SC. The quantitative estimate of drug-likeness (QED) is 0.551. The Morgan fingerprint density at radius 3 is 2.57 bits per heavy atom. The maximum absolute atomic E-state index is 4.38. The predicted octanol–water partition coefficient (Wildman–Crippen LogP) is 3.13. The summed E-state index contributed by atoms with van der Waals surface area (Å²) in [4.78, 5) is 4.38. The van der Waals surface area contributed by atoms with Crippen LogP contribution in [0.2, 0.25) is 0 Å². The number of hydrogen-bond acceptors (Lipinski definition) is 2. The lowest BCUT2D eigenvalue weighted by Gasteiger charge is -2.03. The summed E-state index contributed by atoms with van der Waals surface area (Å²) in [6.45, 7) is 4.97. The Morgan fingerprint density at radius 1 is 1.43 bits per heavy atom. The zero-order valence-corrected chi connectivity index (χ0v) is 9.71. The van der Waals surface area contributed by atoms with Gasteiger partial charge >= 0.3 is 0 Å². The van der Waals surface area contributed by atoms with Gasteiger partial charge in [0.15, 0.2) is 0 Å². The van der Waals surface area contributed by atoms with Gasteiger partial charge in [0, 0.05) is 24.6 Å². The molecule has 0 atom stereocenters. The lowest BCUT2D eigenvalue weighted by Crippen LogP contribution is -1.94. The van der Waals surface area contributed by atoms with E-state index < -0.39 is 0 Å². The summed E-state index contributed by atoms with van der Waals surface area (Å²) in [7, 11) is 0. The first-order valence-electron chi connectivity index (χ1n) is 4.68. The van der Waals surface area contributed by atoms with E-state index in [9.17, 15) is 0 Å². The van der Waals surface area contributed by atoms with Gasteiger partial charge in [-0.2, -0.15) is 0 Å². The van der Waals surface area contributed by atoms with Gasteiger partial charge in [0.25, 0.3) is 0 Å². The molecule has 14 heavy (non-hydrogen) atoms. The van der Waals surface area contributed by atoms with Crippen molar-refractivity contribution >= 4 is 22.5 Å². The van der Waals surface area contributed by atoms with Crippen molar-refractivity contribution in [3.8, 4) is 0 Å². The summed E-state index contributed by atoms with van der Waals surface area (Å²) >= 11 is 1.68. The van der Waals surface area contributed by atoms with Crippen LogP contribution in [0.25, 0.3) is 5.70 Å². The third-order valence-corrected chi connectivity index (χ3v) is 2.53. The van der Waals surface area contributed by atoms with E-state index in [0.29, 0.717) is 0 Å². The van der Waals surface area contributed by atoms with E-state index in [0.717, 1.165) is 11.6 Å². The minimum Gasteiger partial charge on any atom is -0.328 e. The summed E-state index contributed by atoms with van der Waals surface area (Å²) in [5, 5.41) is 1.08. The fourth-order valence-electron chi connectivity index (χ4n) is 1.15. The summed E-state index contributed by atoms with van der Waals surface area (Å²) in [5.74, 6) is 0. The number of nitrogens with zero attached hydrogens (tertiary/aromatic N) is 2. The second kappa shape index (κ2) is 5.70. The van der Waals surface area contributed by atoms with Crippen molar-refractivity contribution in [2.75, 3.05) is 12.8 Å². The molecule has 1 aromatic rings. The van der Waals surface area contributed by atoms with Gasteiger partial charge in [0.1, 0.15) is 0 Å². The van der Waals surface area contributed by atoms with Crippen molar-refractivity contribution in [3.63, 3.8) is 0 Å². The van der Waals surface area contributed by atoms with Crippen molar-refractivity contribution in [1.29, 1.82) is 0 Å². The maximum Gasteiger partial charge on any atom is 0.0918 e. The Kier molecular flexibility index (Phi) is 4.53. The number of aromatic nitrogens is 1. The first kappa shape index (κ1) is 11.1. The molecule has 0 bridgehead atoms. The minimum atomic E-state index is 0.839. The Labute approximate surface area is 89.7 Å². The van der Waals surface area contributed by atoms with Crippen molar-refractivity contribution in [3.05, 3.63) is 30.6 Å². The highest BCUT2D eigenvalue weighted by Crippen LogP contribution is 2.08. The predicted molar refractivity (Wildman–Crippen MR) is 65.9 cm³/mol. The largest absolute Gasteiger partial charge is 0.328 e. The molecule has 76 valence electrons. The summed E-state index contributed by atoms with van der Waals surface area (Å²) in [6, 6.07) is 4.04. The first-order valence-corrected chi connectivity index (χ1v) is 5.90. The molecular weight excluding hydrogens is 192 g/mol. The van der Waals surface area contributed by atoms with E-state index in [1.165, 1.54) is 5.70 Å². The smallest absolute Gasteiger partial charge is 0.0918 e. The molecule has 0 aliphatic heterocycles. The molecule has 0 aliphatic carbocycles. The van der Waals surface area contributed by atoms with Crippen LogP contribution in [0.5, 0.6) is 0 Å². The number of thioether (sulfide) groups is 1. The second-order valence-corrected chi connectivity index (χ2v) is 3.72. The molecule has 1 aromatic heterocycles. The zero-order valence-electron chi connectivity index (χ0n) is 8.90. The Hall–Kier alpha value is -0.960. The normalized spacial score (nSPS) is 13.4. The fraction of sp³-hybridized carbons (Fsp3) is 0.364. The molecule has 0 aliphatic rings. The van der Waals surface area contributed by atoms with Gasteiger partial charge in [-0.15, -0.1) is 11.8 Å². The summed E-state index contributed by atoms with van der Waals surface area (Å²) in [6.07, 6.45) is 8.23. The van der Waals surface area contributed by atoms with E-state index in [2.05, 4.69) is 29.5 Å². The van der Waals surface area contributed by atoms with Gasteiger partial charge in [-0.1, -0.05) is 0 Å². The molecule has 0 N–H and O–H groups in total. The standard InChI is InChI=1S/C11H16N2S/c1-4-12-11(14-3)9-10(2)13-7-5-6-8-13/h5-9H,4H2,1-3H3/b10-9-,12-11?. The van der Waals surface area contributed by atoms with Crippen LogP contribution in [0.3, 0.4) is 0 Å². The van der Waals surface area contributed by atoms with Crippen molar-refractivity contribution in [2.45, 2.75) is 13.8 Å². The highest BCUT2D eigenvalue weighted by atomic mass is 32.2. The Bertz CT molecular complexity index is 323. The molecule has 0 amide bonds. The topological polar surface area (TPSA) is 17.3 Å². The molecule has 0 unspecified atom stereocenters. The molecule has 0 radical (unpaired) electrons. The molecule has 0 fully saturated rings. The highest BCUT2D eigenvalue weighted by Gasteiger charge is 1.95. The number of hydrogen-bond donors (Lipinski definition) is 0. The van der Waals surface area contributed by atoms with Crippen LogP contribution in [0, 0.1) is 0 Å². The van der Waals surface area contributed by atoms with Gasteiger partial charge in [-0.05, 0) is 38.3 Å². The molecular formula is C11H16N2S. The highest BCUT2D eigenvalue weighted by molar-refractivity contribution is 8.13. The zero-order chi connectivity index (χ0) is 10.4.